The molecule has 0 aliphatic heterocycles. The lowest BCUT2D eigenvalue weighted by atomic mass is 9.93. The first-order valence-electron chi connectivity index (χ1n) is 11.8. The molecule has 0 bridgehead atoms. The number of amides is 1. The molecular weight excluding hydrogens is 491 g/mol. The number of hydrogen-bond donors (Lipinski definition) is 4. The number of carbonyl (C=O) groups is 1. The Labute approximate surface area is 222 Å². The van der Waals surface area contributed by atoms with Crippen molar-refractivity contribution in [3.05, 3.63) is 102 Å². The zero-order valence-corrected chi connectivity index (χ0v) is 22.2. The van der Waals surface area contributed by atoms with Crippen LogP contribution in [0.25, 0.3) is 11.3 Å². The summed E-state index contributed by atoms with van der Waals surface area (Å²) in [6, 6.07) is 8.82. The summed E-state index contributed by atoms with van der Waals surface area (Å²) in [5.41, 5.74) is 9.61. The Hall–Kier alpha value is -3.91. The van der Waals surface area contributed by atoms with Crippen LogP contribution in [0.4, 0.5) is 10.2 Å². The molecule has 1 aliphatic rings. The predicted molar refractivity (Wildman–Crippen MR) is 149 cm³/mol. The molecule has 7 nitrogen and oxygen atoms in total. The number of aryl methyl sites for hydroxylation is 1. The Balaban J connectivity index is 1.94. The molecule has 3 rings (SSSR count). The average Bonchev–Trinajstić information content (AvgIpc) is 2.83. The van der Waals surface area contributed by atoms with E-state index in [0.717, 1.165) is 5.69 Å². The minimum Gasteiger partial charge on any atom is -0.404 e. The van der Waals surface area contributed by atoms with E-state index >= 15 is 0 Å². The van der Waals surface area contributed by atoms with E-state index in [0.29, 0.717) is 40.5 Å². The van der Waals surface area contributed by atoms with E-state index in [-0.39, 0.29) is 23.3 Å². The fourth-order valence-electron chi connectivity index (χ4n) is 3.87. The van der Waals surface area contributed by atoms with Gasteiger partial charge in [0.2, 0.25) is 0 Å². The van der Waals surface area contributed by atoms with Crippen molar-refractivity contribution in [3.8, 4) is 0 Å². The summed E-state index contributed by atoms with van der Waals surface area (Å²) < 4.78 is 14.7. The van der Waals surface area contributed by atoms with E-state index in [9.17, 15) is 9.18 Å². The highest BCUT2D eigenvalue weighted by Crippen LogP contribution is 2.33. The monoisotopic (exact) mass is 522 g/mol. The molecule has 0 saturated carbocycles. The first kappa shape index (κ1) is 27.7. The van der Waals surface area contributed by atoms with Crippen LogP contribution in [0.2, 0.25) is 0 Å². The number of likely N-dealkylation sites (N-methyl/N-ethyl adjacent to an activating group) is 1. The van der Waals surface area contributed by atoms with Crippen molar-refractivity contribution in [2.45, 2.75) is 38.1 Å². The van der Waals surface area contributed by atoms with Crippen LogP contribution in [0, 0.1) is 6.92 Å². The third-order valence-corrected chi connectivity index (χ3v) is 6.01. The first-order chi connectivity index (χ1) is 17.5. The van der Waals surface area contributed by atoms with Gasteiger partial charge in [0.05, 0.1) is 22.2 Å². The number of halogens is 2. The Kier molecular flexibility index (Phi) is 8.89. The molecular formula is C28H32ClFN6O. The number of nitrogens with one attached hydrogen (secondary N) is 3. The van der Waals surface area contributed by atoms with Gasteiger partial charge in [0, 0.05) is 47.7 Å². The summed E-state index contributed by atoms with van der Waals surface area (Å²) in [6.45, 7) is 9.66. The minimum absolute atomic E-state index is 0.237. The van der Waals surface area contributed by atoms with Crippen LogP contribution in [0.5, 0.6) is 0 Å². The molecule has 0 spiro atoms. The van der Waals surface area contributed by atoms with Crippen LogP contribution in [-0.2, 0) is 4.79 Å². The van der Waals surface area contributed by atoms with Crippen molar-refractivity contribution in [2.24, 2.45) is 5.73 Å². The van der Waals surface area contributed by atoms with Crippen LogP contribution in [0.15, 0.2) is 84.6 Å². The second kappa shape index (κ2) is 11.9. The second-order valence-electron chi connectivity index (χ2n) is 8.96. The summed E-state index contributed by atoms with van der Waals surface area (Å²) in [5.74, 6) is -0.0802. The largest absolute Gasteiger partial charge is 0.404 e. The first-order valence-corrected chi connectivity index (χ1v) is 12.2. The van der Waals surface area contributed by atoms with Gasteiger partial charge in [-0.15, -0.1) is 11.6 Å². The van der Waals surface area contributed by atoms with Gasteiger partial charge in [0.1, 0.15) is 11.6 Å². The second-order valence-corrected chi connectivity index (χ2v) is 9.83. The van der Waals surface area contributed by atoms with Crippen molar-refractivity contribution in [1.29, 1.82) is 0 Å². The molecule has 5 N–H and O–H groups in total. The third kappa shape index (κ3) is 7.30. The highest BCUT2D eigenvalue weighted by Gasteiger charge is 2.26. The molecule has 0 fully saturated rings. The number of rotatable bonds is 9. The quantitative estimate of drug-likeness (QED) is 0.211. The van der Waals surface area contributed by atoms with Gasteiger partial charge in [-0.25, -0.2) is 9.37 Å². The summed E-state index contributed by atoms with van der Waals surface area (Å²) in [6.07, 6.45) is 8.37. The zero-order chi connectivity index (χ0) is 27.2. The van der Waals surface area contributed by atoms with Gasteiger partial charge in [-0.05, 0) is 63.6 Å². The maximum Gasteiger partial charge on any atom is 0.254 e. The number of aromatic nitrogens is 2. The summed E-state index contributed by atoms with van der Waals surface area (Å²) in [4.78, 5) is 20.4. The van der Waals surface area contributed by atoms with Gasteiger partial charge in [-0.1, -0.05) is 18.7 Å². The van der Waals surface area contributed by atoms with E-state index < -0.39 is 4.87 Å². The highest BCUT2D eigenvalue weighted by atomic mass is 35.5. The standard InChI is InChI=1S/C28H32ClFN6O/c1-17-7-6-8-26(35-17)36-24(20-10-12-33-25(14-20)22(16-31)27(37)32-5)13-18(2)34-19(3)21-9-11-28(4,29)15-23(21)30/h6-10,12-16,19,34H,2,11,31H2,1,3-5H3,(H,32,37)(H,35,36)/b22-16?,24-13-. The van der Waals surface area contributed by atoms with Gasteiger partial charge in [0.15, 0.2) is 0 Å². The fourth-order valence-corrected chi connectivity index (χ4v) is 4.04. The van der Waals surface area contributed by atoms with Gasteiger partial charge in [0.25, 0.3) is 5.91 Å². The van der Waals surface area contributed by atoms with Crippen molar-refractivity contribution >= 4 is 34.6 Å². The van der Waals surface area contributed by atoms with E-state index in [4.69, 9.17) is 17.3 Å². The molecule has 9 heteroatoms. The molecule has 0 saturated heterocycles. The van der Waals surface area contributed by atoms with Crippen LogP contribution in [0.3, 0.4) is 0 Å². The van der Waals surface area contributed by atoms with E-state index in [1.54, 1.807) is 37.4 Å². The summed E-state index contributed by atoms with van der Waals surface area (Å²) in [7, 11) is 1.52. The number of nitrogens with two attached hydrogens (primary N) is 1. The fraction of sp³-hybridized carbons (Fsp3) is 0.250. The van der Waals surface area contributed by atoms with Gasteiger partial charge < -0.3 is 21.7 Å². The van der Waals surface area contributed by atoms with E-state index in [2.05, 4.69) is 32.5 Å². The molecule has 37 heavy (non-hydrogen) atoms. The summed E-state index contributed by atoms with van der Waals surface area (Å²) in [5, 5.41) is 9.13. The maximum absolute atomic E-state index is 14.7. The van der Waals surface area contributed by atoms with Gasteiger partial charge in [-0.3, -0.25) is 9.78 Å². The van der Waals surface area contributed by atoms with Gasteiger partial charge in [-0.2, -0.15) is 0 Å². The molecule has 2 heterocycles. The molecule has 2 unspecified atom stereocenters. The molecule has 1 amide bonds. The molecule has 0 radical (unpaired) electrons. The van der Waals surface area contributed by atoms with Crippen molar-refractivity contribution in [3.63, 3.8) is 0 Å². The number of alkyl halides is 1. The molecule has 2 aromatic heterocycles. The smallest absolute Gasteiger partial charge is 0.254 e. The number of carbonyl (C=O) groups excluding carboxylic acids is 1. The number of allylic oxidation sites excluding steroid dienone is 3. The lowest BCUT2D eigenvalue weighted by Gasteiger charge is -2.26. The normalized spacial score (nSPS) is 18.9. The minimum atomic E-state index is -0.729. The molecule has 2 atom stereocenters. The van der Waals surface area contributed by atoms with Crippen LogP contribution >= 0.6 is 11.6 Å². The average molecular weight is 523 g/mol. The Morgan fingerprint density at radius 2 is 2.11 bits per heavy atom. The SMILES string of the molecule is C=C(/C=C(\Nc1cccc(C)n1)c1ccnc(C(=CN)C(=O)NC)c1)NC(C)C1=CCC(C)(Cl)C=C1F. The molecule has 194 valence electrons. The predicted octanol–water partition coefficient (Wildman–Crippen LogP) is 4.96. The molecule has 2 aromatic rings. The summed E-state index contributed by atoms with van der Waals surface area (Å²) >= 11 is 6.28. The van der Waals surface area contributed by atoms with Crippen molar-refractivity contribution in [1.82, 2.24) is 20.6 Å². The number of anilines is 1. The Bertz CT molecular complexity index is 1310. The molecule has 1 aliphatic carbocycles. The Morgan fingerprint density at radius 3 is 2.76 bits per heavy atom. The van der Waals surface area contributed by atoms with Crippen LogP contribution in [0.1, 0.15) is 37.2 Å². The zero-order valence-electron chi connectivity index (χ0n) is 21.4. The number of hydrogen-bond acceptors (Lipinski definition) is 6. The Morgan fingerprint density at radius 1 is 1.35 bits per heavy atom. The lowest BCUT2D eigenvalue weighted by molar-refractivity contribution is -0.115. The van der Waals surface area contributed by atoms with Crippen molar-refractivity contribution in [2.75, 3.05) is 12.4 Å². The maximum atomic E-state index is 14.7. The topological polar surface area (TPSA) is 105 Å². The lowest BCUT2D eigenvalue weighted by Crippen LogP contribution is -2.29. The third-order valence-electron chi connectivity index (χ3n) is 5.75. The van der Waals surface area contributed by atoms with Crippen LogP contribution in [-0.4, -0.2) is 33.8 Å². The van der Waals surface area contributed by atoms with E-state index in [1.165, 1.54) is 19.3 Å². The van der Waals surface area contributed by atoms with Gasteiger partial charge >= 0.3 is 0 Å². The van der Waals surface area contributed by atoms with E-state index in [1.807, 2.05) is 32.0 Å². The van der Waals surface area contributed by atoms with Crippen molar-refractivity contribution < 1.29 is 9.18 Å². The number of nitrogens with zero attached hydrogens (tertiary/aromatic N) is 2. The molecule has 0 aromatic carbocycles. The highest BCUT2D eigenvalue weighted by molar-refractivity contribution is 6.25. The number of pyridine rings is 2. The van der Waals surface area contributed by atoms with Crippen LogP contribution < -0.4 is 21.7 Å².